The van der Waals surface area contributed by atoms with Crippen molar-refractivity contribution in [2.45, 2.75) is 25.1 Å². The first-order valence-corrected chi connectivity index (χ1v) is 11.1. The molecule has 0 spiro atoms. The third-order valence-electron chi connectivity index (χ3n) is 4.85. The van der Waals surface area contributed by atoms with Crippen LogP contribution < -0.4 is 5.32 Å². The van der Waals surface area contributed by atoms with Crippen LogP contribution in [0.1, 0.15) is 25.5 Å². The van der Waals surface area contributed by atoms with E-state index in [0.29, 0.717) is 28.8 Å². The number of benzene rings is 1. The molecule has 0 saturated heterocycles. The molecule has 3 aromatic rings. The molecule has 1 atom stereocenters. The first kappa shape index (κ1) is 21.7. The van der Waals surface area contributed by atoms with Crippen molar-refractivity contribution in [3.63, 3.8) is 0 Å². The predicted molar refractivity (Wildman–Crippen MR) is 116 cm³/mol. The third kappa shape index (κ3) is 4.40. The summed E-state index contributed by atoms with van der Waals surface area (Å²) in [5.41, 5.74) is 1.73. The Labute approximate surface area is 188 Å². The normalized spacial score (nSPS) is 16.2. The smallest absolute Gasteiger partial charge is 0.338 e. The van der Waals surface area contributed by atoms with Gasteiger partial charge in [0.15, 0.2) is 5.76 Å². The Kier molecular flexibility index (Phi) is 6.60. The van der Waals surface area contributed by atoms with Gasteiger partial charge in [0, 0.05) is 18.0 Å². The molecule has 1 aromatic carbocycles. The summed E-state index contributed by atoms with van der Waals surface area (Å²) in [5.74, 6) is 0.510. The van der Waals surface area contributed by atoms with Crippen LogP contribution in [0.4, 0.5) is 4.79 Å². The van der Waals surface area contributed by atoms with Crippen molar-refractivity contribution in [2.24, 2.45) is 0 Å². The molecule has 32 heavy (non-hydrogen) atoms. The Morgan fingerprint density at radius 3 is 2.69 bits per heavy atom. The minimum atomic E-state index is -0.623. The molecule has 0 unspecified atom stereocenters. The van der Waals surface area contributed by atoms with E-state index in [4.69, 9.17) is 13.6 Å². The summed E-state index contributed by atoms with van der Waals surface area (Å²) in [6.07, 6.45) is 1.52. The first-order chi connectivity index (χ1) is 15.6. The number of urea groups is 1. The van der Waals surface area contributed by atoms with Crippen molar-refractivity contribution < 1.29 is 23.2 Å². The van der Waals surface area contributed by atoms with Crippen molar-refractivity contribution in [3.8, 4) is 11.7 Å². The van der Waals surface area contributed by atoms with Gasteiger partial charge in [0.1, 0.15) is 0 Å². The molecule has 0 radical (unpaired) electrons. The topological polar surface area (TPSA) is 111 Å². The van der Waals surface area contributed by atoms with E-state index in [0.717, 1.165) is 5.56 Å². The second-order valence-corrected chi connectivity index (χ2v) is 7.68. The van der Waals surface area contributed by atoms with E-state index in [9.17, 15) is 9.59 Å². The molecule has 2 amide bonds. The zero-order valence-corrected chi connectivity index (χ0v) is 18.4. The number of carbonyl (C=O) groups excluding carboxylic acids is 2. The van der Waals surface area contributed by atoms with Gasteiger partial charge in [0.2, 0.25) is 0 Å². The Bertz CT molecular complexity index is 1110. The monoisotopic (exact) mass is 454 g/mol. The van der Waals surface area contributed by atoms with Gasteiger partial charge in [-0.2, -0.15) is 0 Å². The second kappa shape index (κ2) is 9.73. The molecule has 1 N–H and O–H groups in total. The molecule has 1 aliphatic heterocycles. The fraction of sp³-hybridized carbons (Fsp3) is 0.273. The number of aromatic nitrogens is 2. The van der Waals surface area contributed by atoms with Gasteiger partial charge in [0.25, 0.3) is 11.1 Å². The van der Waals surface area contributed by atoms with Gasteiger partial charge >= 0.3 is 12.0 Å². The minimum Gasteiger partial charge on any atom is -0.463 e. The zero-order chi connectivity index (χ0) is 22.5. The number of nitrogens with zero attached hydrogens (tertiary/aromatic N) is 3. The second-order valence-electron chi connectivity index (χ2n) is 6.76. The molecule has 0 fully saturated rings. The van der Waals surface area contributed by atoms with Gasteiger partial charge in [-0.3, -0.25) is 4.90 Å². The predicted octanol–water partition coefficient (Wildman–Crippen LogP) is 4.03. The van der Waals surface area contributed by atoms with E-state index in [1.54, 1.807) is 19.1 Å². The first-order valence-electron chi connectivity index (χ1n) is 10.2. The minimum absolute atomic E-state index is 0.223. The standard InChI is InChI=1S/C22H22N4O5S/c1-3-26-15(13-32-22-25-24-19(31-22)16-11-8-12-30-16)17(20(27)29-4-2)18(23-21(26)28)14-9-6-5-7-10-14/h5-12,18H,3-4,13H2,1-2H3,(H,23,28)/t18-/m0/s1. The largest absolute Gasteiger partial charge is 0.463 e. The molecule has 10 heteroatoms. The Morgan fingerprint density at radius 1 is 1.19 bits per heavy atom. The van der Waals surface area contributed by atoms with Crippen LogP contribution in [0.15, 0.2) is 74.1 Å². The molecular weight excluding hydrogens is 432 g/mol. The maximum absolute atomic E-state index is 13.0. The van der Waals surface area contributed by atoms with Crippen molar-refractivity contribution in [3.05, 3.63) is 65.6 Å². The van der Waals surface area contributed by atoms with Crippen molar-refractivity contribution in [2.75, 3.05) is 18.9 Å². The SMILES string of the molecule is CCOC(=O)C1=C(CSc2nnc(-c3ccco3)o2)N(CC)C(=O)N[C@H]1c1ccccc1. The molecule has 166 valence electrons. The molecule has 0 aliphatic carbocycles. The van der Waals surface area contributed by atoms with Crippen LogP contribution in [0.3, 0.4) is 0 Å². The number of carbonyl (C=O) groups is 2. The zero-order valence-electron chi connectivity index (χ0n) is 17.6. The molecule has 0 saturated carbocycles. The molecule has 9 nitrogen and oxygen atoms in total. The van der Waals surface area contributed by atoms with Crippen LogP contribution >= 0.6 is 11.8 Å². The average molecular weight is 455 g/mol. The van der Waals surface area contributed by atoms with E-state index in [2.05, 4.69) is 15.5 Å². The molecule has 2 aromatic heterocycles. The van der Waals surface area contributed by atoms with Crippen LogP contribution in [0.2, 0.25) is 0 Å². The van der Waals surface area contributed by atoms with Crippen molar-refractivity contribution >= 4 is 23.8 Å². The van der Waals surface area contributed by atoms with Gasteiger partial charge in [-0.25, -0.2) is 9.59 Å². The van der Waals surface area contributed by atoms with Crippen molar-refractivity contribution in [1.82, 2.24) is 20.4 Å². The summed E-state index contributed by atoms with van der Waals surface area (Å²) in [5, 5.41) is 11.3. The van der Waals surface area contributed by atoms with Gasteiger partial charge in [-0.15, -0.1) is 10.2 Å². The number of hydrogen-bond donors (Lipinski definition) is 1. The number of rotatable bonds is 8. The fourth-order valence-corrected chi connectivity index (χ4v) is 4.24. The number of furan rings is 1. The highest BCUT2D eigenvalue weighted by Crippen LogP contribution is 2.34. The summed E-state index contributed by atoms with van der Waals surface area (Å²) in [7, 11) is 0. The molecule has 4 rings (SSSR count). The lowest BCUT2D eigenvalue weighted by Gasteiger charge is -2.36. The Balaban J connectivity index is 1.69. The van der Waals surface area contributed by atoms with E-state index in [-0.39, 0.29) is 24.3 Å². The summed E-state index contributed by atoms with van der Waals surface area (Å²) in [6, 6.07) is 11.9. The quantitative estimate of drug-likeness (QED) is 0.401. The summed E-state index contributed by atoms with van der Waals surface area (Å²) >= 11 is 1.23. The van der Waals surface area contributed by atoms with Crippen molar-refractivity contribution in [1.29, 1.82) is 0 Å². The summed E-state index contributed by atoms with van der Waals surface area (Å²) < 4.78 is 16.3. The summed E-state index contributed by atoms with van der Waals surface area (Å²) in [6.45, 7) is 4.20. The number of ether oxygens (including phenoxy) is 1. The van der Waals surface area contributed by atoms with Crippen LogP contribution in [-0.4, -0.2) is 46.0 Å². The molecule has 3 heterocycles. The van der Waals surface area contributed by atoms with Crippen LogP contribution in [0.5, 0.6) is 0 Å². The molecule has 1 aliphatic rings. The van der Waals surface area contributed by atoms with Crippen LogP contribution in [0, 0.1) is 0 Å². The van der Waals surface area contributed by atoms with E-state index in [1.165, 1.54) is 22.9 Å². The van der Waals surface area contributed by atoms with Gasteiger partial charge < -0.3 is 18.9 Å². The van der Waals surface area contributed by atoms with Crippen LogP contribution in [-0.2, 0) is 9.53 Å². The lowest BCUT2D eigenvalue weighted by atomic mass is 9.95. The number of amides is 2. The maximum Gasteiger partial charge on any atom is 0.338 e. The van der Waals surface area contributed by atoms with Gasteiger partial charge in [-0.05, 0) is 31.5 Å². The third-order valence-corrected chi connectivity index (χ3v) is 5.68. The van der Waals surface area contributed by atoms with E-state index < -0.39 is 12.0 Å². The fourth-order valence-electron chi connectivity index (χ4n) is 3.44. The maximum atomic E-state index is 13.0. The lowest BCUT2D eigenvalue weighted by Crippen LogP contribution is -2.49. The average Bonchev–Trinajstić information content (AvgIpc) is 3.50. The Hall–Kier alpha value is -3.53. The number of thioether (sulfide) groups is 1. The lowest BCUT2D eigenvalue weighted by molar-refractivity contribution is -0.139. The number of hydrogen-bond acceptors (Lipinski definition) is 8. The van der Waals surface area contributed by atoms with E-state index in [1.807, 2.05) is 37.3 Å². The van der Waals surface area contributed by atoms with E-state index >= 15 is 0 Å². The number of nitrogens with one attached hydrogen (secondary N) is 1. The summed E-state index contributed by atoms with van der Waals surface area (Å²) in [4.78, 5) is 27.4. The highest BCUT2D eigenvalue weighted by molar-refractivity contribution is 7.99. The van der Waals surface area contributed by atoms with Gasteiger partial charge in [0.05, 0.1) is 24.5 Å². The molecule has 0 bridgehead atoms. The highest BCUT2D eigenvalue weighted by atomic mass is 32.2. The van der Waals surface area contributed by atoms with Gasteiger partial charge in [-0.1, -0.05) is 42.1 Å². The van der Waals surface area contributed by atoms with Crippen LogP contribution in [0.25, 0.3) is 11.7 Å². The Morgan fingerprint density at radius 2 is 2.00 bits per heavy atom. The number of esters is 1. The highest BCUT2D eigenvalue weighted by Gasteiger charge is 2.37. The molecular formula is C22H22N4O5S.